The summed E-state index contributed by atoms with van der Waals surface area (Å²) >= 11 is 0. The minimum Gasteiger partial charge on any atom is -0.424 e. The number of hydrogen-bond acceptors (Lipinski definition) is 7. The SMILES string of the molecule is CC(F)(F)c1nc2ccccc2n1-c1nc(Oc2ccccc2)nc(N2CCOCC2)n1. The minimum atomic E-state index is -3.22. The van der Waals surface area contributed by atoms with Crippen molar-refractivity contribution in [3.63, 3.8) is 0 Å². The molecule has 3 heterocycles. The lowest BCUT2D eigenvalue weighted by atomic mass is 10.3. The molecule has 0 atom stereocenters. The number of imidazole rings is 1. The second kappa shape index (κ2) is 8.12. The van der Waals surface area contributed by atoms with Crippen LogP contribution in [0.3, 0.4) is 0 Å². The molecule has 1 saturated heterocycles. The summed E-state index contributed by atoms with van der Waals surface area (Å²) in [5.41, 5.74) is 0.886. The second-order valence-electron chi connectivity index (χ2n) is 7.38. The average molecular weight is 438 g/mol. The van der Waals surface area contributed by atoms with E-state index in [1.165, 1.54) is 4.57 Å². The molecule has 2 aromatic heterocycles. The first-order valence-corrected chi connectivity index (χ1v) is 10.2. The summed E-state index contributed by atoms with van der Waals surface area (Å²) in [5.74, 6) is -2.81. The van der Waals surface area contributed by atoms with E-state index in [-0.39, 0.29) is 12.0 Å². The van der Waals surface area contributed by atoms with Crippen LogP contribution in [-0.4, -0.2) is 50.8 Å². The van der Waals surface area contributed by atoms with Crippen LogP contribution in [0.4, 0.5) is 14.7 Å². The summed E-state index contributed by atoms with van der Waals surface area (Å²) in [6.45, 7) is 2.96. The highest BCUT2D eigenvalue weighted by Crippen LogP contribution is 2.32. The number of para-hydroxylation sites is 3. The third kappa shape index (κ3) is 3.96. The zero-order valence-corrected chi connectivity index (χ0v) is 17.3. The van der Waals surface area contributed by atoms with Crippen molar-refractivity contribution < 1.29 is 18.3 Å². The number of nitrogens with zero attached hydrogens (tertiary/aromatic N) is 6. The highest BCUT2D eigenvalue weighted by Gasteiger charge is 2.34. The maximum atomic E-state index is 14.5. The molecule has 5 rings (SSSR count). The number of benzene rings is 2. The Kier molecular flexibility index (Phi) is 5.14. The van der Waals surface area contributed by atoms with Gasteiger partial charge in [0.1, 0.15) is 5.75 Å². The van der Waals surface area contributed by atoms with Gasteiger partial charge in [0, 0.05) is 20.0 Å². The van der Waals surface area contributed by atoms with Crippen LogP contribution in [0.1, 0.15) is 12.7 Å². The minimum absolute atomic E-state index is 0.00541. The lowest BCUT2D eigenvalue weighted by Gasteiger charge is -2.27. The molecule has 4 aromatic rings. The first-order valence-electron chi connectivity index (χ1n) is 10.2. The molecule has 0 bridgehead atoms. The molecule has 0 saturated carbocycles. The van der Waals surface area contributed by atoms with Gasteiger partial charge in [0.2, 0.25) is 11.9 Å². The second-order valence-corrected chi connectivity index (χ2v) is 7.38. The maximum absolute atomic E-state index is 14.5. The van der Waals surface area contributed by atoms with Gasteiger partial charge in [0.15, 0.2) is 5.82 Å². The van der Waals surface area contributed by atoms with Gasteiger partial charge in [-0.25, -0.2) is 4.98 Å². The fourth-order valence-electron chi connectivity index (χ4n) is 3.50. The predicted molar refractivity (Wildman–Crippen MR) is 114 cm³/mol. The fraction of sp³-hybridized carbons (Fsp3) is 0.273. The molecule has 0 radical (unpaired) electrons. The summed E-state index contributed by atoms with van der Waals surface area (Å²) in [5, 5.41) is 0. The van der Waals surface area contributed by atoms with E-state index in [1.54, 1.807) is 36.4 Å². The van der Waals surface area contributed by atoms with Crippen molar-refractivity contribution >= 4 is 17.0 Å². The number of anilines is 1. The molecule has 2 aromatic carbocycles. The van der Waals surface area contributed by atoms with Crippen LogP contribution < -0.4 is 9.64 Å². The molecule has 10 heteroatoms. The van der Waals surface area contributed by atoms with Crippen molar-refractivity contribution in [2.45, 2.75) is 12.8 Å². The average Bonchev–Trinajstić information content (AvgIpc) is 3.21. The third-order valence-electron chi connectivity index (χ3n) is 4.99. The number of halogens is 2. The largest absolute Gasteiger partial charge is 0.424 e. The van der Waals surface area contributed by atoms with Gasteiger partial charge in [-0.2, -0.15) is 23.7 Å². The molecule has 1 aliphatic rings. The number of alkyl halides is 2. The molecule has 0 amide bonds. The van der Waals surface area contributed by atoms with E-state index in [4.69, 9.17) is 9.47 Å². The van der Waals surface area contributed by atoms with Crippen LogP contribution in [0.2, 0.25) is 0 Å². The van der Waals surface area contributed by atoms with Gasteiger partial charge in [-0.15, -0.1) is 0 Å². The van der Waals surface area contributed by atoms with Crippen LogP contribution in [0.5, 0.6) is 11.8 Å². The fourth-order valence-corrected chi connectivity index (χ4v) is 3.50. The Morgan fingerprint density at radius 3 is 2.31 bits per heavy atom. The molecule has 164 valence electrons. The summed E-state index contributed by atoms with van der Waals surface area (Å²) in [6, 6.07) is 15.9. The van der Waals surface area contributed by atoms with Crippen LogP contribution in [0, 0.1) is 0 Å². The van der Waals surface area contributed by atoms with Crippen molar-refractivity contribution in [3.05, 3.63) is 60.4 Å². The summed E-state index contributed by atoms with van der Waals surface area (Å²) in [7, 11) is 0. The molecule has 0 unspecified atom stereocenters. The van der Waals surface area contributed by atoms with E-state index in [1.807, 2.05) is 23.1 Å². The highest BCUT2D eigenvalue weighted by atomic mass is 19.3. The molecule has 0 spiro atoms. The summed E-state index contributed by atoms with van der Waals surface area (Å²) in [4.78, 5) is 19.4. The summed E-state index contributed by atoms with van der Waals surface area (Å²) in [6.07, 6.45) is 0. The van der Waals surface area contributed by atoms with Gasteiger partial charge in [0.05, 0.1) is 24.2 Å². The van der Waals surface area contributed by atoms with Crippen LogP contribution in [0.25, 0.3) is 17.0 Å². The van der Waals surface area contributed by atoms with Gasteiger partial charge in [-0.3, -0.25) is 4.57 Å². The standard InChI is InChI=1S/C22H20F2N6O2/c1-22(23,24)18-25-16-9-5-6-10-17(16)30(18)20-26-19(29-11-13-31-14-12-29)27-21(28-20)32-15-7-3-2-4-8-15/h2-10H,11-14H2,1H3. The van der Waals surface area contributed by atoms with Crippen LogP contribution in [-0.2, 0) is 10.7 Å². The van der Waals surface area contributed by atoms with Gasteiger partial charge in [0.25, 0.3) is 0 Å². The number of aromatic nitrogens is 5. The Balaban J connectivity index is 1.69. The van der Waals surface area contributed by atoms with E-state index in [0.717, 1.165) is 6.92 Å². The zero-order valence-electron chi connectivity index (χ0n) is 17.3. The van der Waals surface area contributed by atoms with Crippen molar-refractivity contribution in [1.29, 1.82) is 0 Å². The van der Waals surface area contributed by atoms with Gasteiger partial charge < -0.3 is 14.4 Å². The Hall–Kier alpha value is -3.66. The lowest BCUT2D eigenvalue weighted by Crippen LogP contribution is -2.37. The van der Waals surface area contributed by atoms with Crippen LogP contribution in [0.15, 0.2) is 54.6 Å². The smallest absolute Gasteiger partial charge is 0.328 e. The Morgan fingerprint density at radius 2 is 1.56 bits per heavy atom. The zero-order chi connectivity index (χ0) is 22.1. The monoisotopic (exact) mass is 438 g/mol. The number of ether oxygens (including phenoxy) is 2. The Morgan fingerprint density at radius 1 is 0.875 bits per heavy atom. The molecule has 1 fully saturated rings. The number of morpholine rings is 1. The maximum Gasteiger partial charge on any atom is 0.328 e. The lowest BCUT2D eigenvalue weighted by molar-refractivity contribution is 0.00647. The van der Waals surface area contributed by atoms with Gasteiger partial charge in [-0.05, 0) is 24.3 Å². The summed E-state index contributed by atoms with van der Waals surface area (Å²) < 4.78 is 41.6. The van der Waals surface area contributed by atoms with E-state index >= 15 is 0 Å². The number of fused-ring (bicyclic) bond motifs is 1. The molecule has 0 N–H and O–H groups in total. The van der Waals surface area contributed by atoms with Gasteiger partial charge in [-0.1, -0.05) is 30.3 Å². The molecule has 32 heavy (non-hydrogen) atoms. The molecular formula is C22H20F2N6O2. The van der Waals surface area contributed by atoms with Crippen LogP contribution >= 0.6 is 0 Å². The topological polar surface area (TPSA) is 78.2 Å². The molecule has 0 aliphatic carbocycles. The van der Waals surface area contributed by atoms with Crippen molar-refractivity contribution in [2.24, 2.45) is 0 Å². The first kappa shape index (κ1) is 20.3. The van der Waals surface area contributed by atoms with Crippen molar-refractivity contribution in [3.8, 4) is 17.7 Å². The van der Waals surface area contributed by atoms with E-state index in [9.17, 15) is 8.78 Å². The first-order chi connectivity index (χ1) is 15.5. The van der Waals surface area contributed by atoms with E-state index in [2.05, 4.69) is 19.9 Å². The van der Waals surface area contributed by atoms with Crippen molar-refractivity contribution in [1.82, 2.24) is 24.5 Å². The Labute approximate surface area is 182 Å². The molecular weight excluding hydrogens is 418 g/mol. The van der Waals surface area contributed by atoms with Gasteiger partial charge >= 0.3 is 11.9 Å². The number of hydrogen-bond donors (Lipinski definition) is 0. The predicted octanol–water partition coefficient (Wildman–Crippen LogP) is 3.95. The molecule has 1 aliphatic heterocycles. The highest BCUT2D eigenvalue weighted by molar-refractivity contribution is 5.77. The van der Waals surface area contributed by atoms with E-state index < -0.39 is 11.7 Å². The quantitative estimate of drug-likeness (QED) is 0.467. The normalized spacial score (nSPS) is 14.7. The molecule has 8 nitrogen and oxygen atoms in total. The van der Waals surface area contributed by atoms with Crippen molar-refractivity contribution in [2.75, 3.05) is 31.2 Å². The van der Waals surface area contributed by atoms with E-state index in [0.29, 0.717) is 49.0 Å². The Bertz CT molecular complexity index is 1240. The third-order valence-corrected chi connectivity index (χ3v) is 4.99. The number of rotatable bonds is 5.